The van der Waals surface area contributed by atoms with E-state index >= 15 is 4.79 Å². The molecule has 0 unspecified atom stereocenters. The smallest absolute Gasteiger partial charge is 0.318 e. The van der Waals surface area contributed by atoms with Gasteiger partial charge < -0.3 is 39.4 Å². The Morgan fingerprint density at radius 2 is 1.88 bits per heavy atom. The summed E-state index contributed by atoms with van der Waals surface area (Å²) in [6, 6.07) is 2.97. The zero-order valence-electron chi connectivity index (χ0n) is 33.7. The third-order valence-electron chi connectivity index (χ3n) is 12.6. The fraction of sp³-hybridized carbons (Fsp3) is 0.595. The molecule has 2 aromatic rings. The van der Waals surface area contributed by atoms with Crippen molar-refractivity contribution >= 4 is 50.8 Å². The number of amides is 5. The molecule has 4 heterocycles. The van der Waals surface area contributed by atoms with Gasteiger partial charge in [0.15, 0.2) is 0 Å². The van der Waals surface area contributed by atoms with Gasteiger partial charge in [-0.3, -0.25) is 19.1 Å². The van der Waals surface area contributed by atoms with Crippen LogP contribution in [0.3, 0.4) is 0 Å². The van der Waals surface area contributed by atoms with Gasteiger partial charge in [0.1, 0.15) is 35.2 Å². The van der Waals surface area contributed by atoms with E-state index in [1.165, 1.54) is 11.0 Å². The summed E-state index contributed by atoms with van der Waals surface area (Å²) in [5.41, 5.74) is -0.262. The van der Waals surface area contributed by atoms with Gasteiger partial charge in [0.25, 0.3) is 5.91 Å². The predicted octanol–water partition coefficient (Wildman–Crippen LogP) is 3.44. The van der Waals surface area contributed by atoms with Gasteiger partial charge in [0.05, 0.1) is 43.7 Å². The van der Waals surface area contributed by atoms with E-state index in [2.05, 4.69) is 21.9 Å². The fourth-order valence-corrected chi connectivity index (χ4v) is 10.4. The number of ether oxygens (including phenoxy) is 4. The maximum atomic E-state index is 15.1. The van der Waals surface area contributed by atoms with Gasteiger partial charge in [-0.15, -0.1) is 6.58 Å². The monoisotopic (exact) mass is 834 g/mol. The van der Waals surface area contributed by atoms with Gasteiger partial charge in [0, 0.05) is 48.5 Å². The first-order chi connectivity index (χ1) is 28.4. The van der Waals surface area contributed by atoms with E-state index in [0.29, 0.717) is 73.8 Å². The second-order valence-corrected chi connectivity index (χ2v) is 18.5. The molecular formula is C42H54N6O10S. The van der Waals surface area contributed by atoms with Gasteiger partial charge in [-0.2, -0.15) is 0 Å². The zero-order valence-corrected chi connectivity index (χ0v) is 34.5. The van der Waals surface area contributed by atoms with Gasteiger partial charge in [0.2, 0.25) is 27.7 Å². The second kappa shape index (κ2) is 16.6. The summed E-state index contributed by atoms with van der Waals surface area (Å²) in [6.45, 7) is 7.13. The molecule has 3 aliphatic carbocycles. The molecule has 6 atom stereocenters. The molecule has 16 nitrogen and oxygen atoms in total. The average Bonchev–Trinajstić information content (AvgIpc) is 4.12. The van der Waals surface area contributed by atoms with Crippen molar-refractivity contribution in [1.82, 2.24) is 30.1 Å². The molecule has 6 bridgehead atoms. The van der Waals surface area contributed by atoms with E-state index in [0.717, 1.165) is 37.7 Å². The van der Waals surface area contributed by atoms with Gasteiger partial charge in [-0.05, 0) is 57.4 Å². The number of fused-ring (bicyclic) bond motifs is 5. The van der Waals surface area contributed by atoms with Crippen LogP contribution in [0, 0.1) is 11.8 Å². The van der Waals surface area contributed by atoms with Crippen LogP contribution in [0.2, 0.25) is 0 Å². The van der Waals surface area contributed by atoms with E-state index in [1.807, 2.05) is 25.1 Å². The van der Waals surface area contributed by atoms with Crippen molar-refractivity contribution < 1.29 is 46.5 Å². The van der Waals surface area contributed by atoms with Crippen LogP contribution in [0.4, 0.5) is 4.79 Å². The van der Waals surface area contributed by atoms with E-state index in [1.54, 1.807) is 24.1 Å². The molecule has 5 fully saturated rings. The van der Waals surface area contributed by atoms with Crippen molar-refractivity contribution in [3.05, 3.63) is 42.5 Å². The van der Waals surface area contributed by atoms with Crippen LogP contribution in [0.15, 0.2) is 36.9 Å². The van der Waals surface area contributed by atoms with Crippen molar-refractivity contribution in [2.45, 2.75) is 106 Å². The van der Waals surface area contributed by atoms with Crippen LogP contribution in [0.5, 0.6) is 17.4 Å². The van der Waals surface area contributed by atoms with Crippen molar-refractivity contribution in [3.63, 3.8) is 0 Å². The highest BCUT2D eigenvalue weighted by atomic mass is 32.2. The lowest BCUT2D eigenvalue weighted by Crippen LogP contribution is -2.60. The average molecular weight is 835 g/mol. The SMILES string of the molecule is C=C[C@@H]1C[C@]1(NC(=O)[C@@H]1C[C@@H]2CN1C(=O)[C@H](C1CCCCC1)NC(=O)N1CC[C@H](C1)OC/C=C/c1cc3c(cc(OCC)nc3cc1OC)O2)C(=O)NS(=O)(=O)C1CC1. The Labute approximate surface area is 344 Å². The van der Waals surface area contributed by atoms with Crippen molar-refractivity contribution in [2.75, 3.05) is 40.0 Å². The number of pyridine rings is 1. The highest BCUT2D eigenvalue weighted by Gasteiger charge is 2.62. The molecule has 2 saturated heterocycles. The van der Waals surface area contributed by atoms with Gasteiger partial charge in [-0.25, -0.2) is 18.2 Å². The molecule has 3 saturated carbocycles. The Balaban J connectivity index is 1.17. The normalized spacial score (nSPS) is 29.4. The Hall–Kier alpha value is -4.90. The molecule has 0 spiro atoms. The molecule has 0 radical (unpaired) electrons. The summed E-state index contributed by atoms with van der Waals surface area (Å²) in [6.07, 6.45) is 10.4. The quantitative estimate of drug-likeness (QED) is 0.297. The maximum absolute atomic E-state index is 15.1. The number of carbonyl (C=O) groups excluding carboxylic acids is 4. The molecule has 318 valence electrons. The largest absolute Gasteiger partial charge is 0.496 e. The summed E-state index contributed by atoms with van der Waals surface area (Å²) in [4.78, 5) is 65.1. The number of sulfonamides is 1. The molecule has 3 N–H and O–H groups in total. The fourth-order valence-electron chi connectivity index (χ4n) is 9.08. The van der Waals surface area contributed by atoms with E-state index in [4.69, 9.17) is 23.9 Å². The maximum Gasteiger partial charge on any atom is 0.318 e. The number of aromatic nitrogens is 1. The van der Waals surface area contributed by atoms with Gasteiger partial charge in [-0.1, -0.05) is 37.5 Å². The molecular weight excluding hydrogens is 781 g/mol. The minimum absolute atomic E-state index is 0.00746. The van der Waals surface area contributed by atoms with Crippen LogP contribution in [0.1, 0.15) is 76.7 Å². The van der Waals surface area contributed by atoms with Crippen molar-refractivity contribution in [1.29, 1.82) is 0 Å². The van der Waals surface area contributed by atoms with Crippen LogP contribution in [-0.2, 0) is 29.1 Å². The summed E-state index contributed by atoms with van der Waals surface area (Å²) >= 11 is 0. The molecule has 17 heteroatoms. The molecule has 59 heavy (non-hydrogen) atoms. The first-order valence-electron chi connectivity index (χ1n) is 20.9. The summed E-state index contributed by atoms with van der Waals surface area (Å²) in [5, 5.41) is 5.96. The number of rotatable bonds is 10. The molecule has 6 aliphatic rings. The standard InChI is InChI=1S/C42H54N6O10S/c1-4-27-22-42(27,40(51)46-59(53,54)30-13-14-30)45-38(49)33-19-29-24-48(33)39(50)37(25-10-7-6-8-11-25)44-41(52)47-16-15-28(23-47)57-17-9-12-26-18-31-32(20-34(26)55-3)43-36(56-5-2)21-35(31)58-29/h4,9,12,18,20-21,25,27-30,33,37H,1,5-8,10-11,13-17,19,22-24H2,2-3H3,(H,44,52)(H,45,49)(H,46,51)/b12-9+/t27-,28-,29-,33+,37+,42-/m1/s1. The summed E-state index contributed by atoms with van der Waals surface area (Å²) in [5.74, 6) is -1.26. The molecule has 8 rings (SSSR count). The topological polar surface area (TPSA) is 195 Å². The van der Waals surface area contributed by atoms with Crippen LogP contribution >= 0.6 is 0 Å². The van der Waals surface area contributed by atoms with Crippen LogP contribution in [0.25, 0.3) is 17.0 Å². The van der Waals surface area contributed by atoms with E-state index in [9.17, 15) is 22.8 Å². The second-order valence-electron chi connectivity index (χ2n) is 16.6. The predicted molar refractivity (Wildman–Crippen MR) is 217 cm³/mol. The minimum Gasteiger partial charge on any atom is -0.496 e. The Morgan fingerprint density at radius 3 is 2.59 bits per heavy atom. The number of nitrogens with one attached hydrogen (secondary N) is 3. The number of urea groups is 1. The Morgan fingerprint density at radius 1 is 1.08 bits per heavy atom. The zero-order chi connectivity index (χ0) is 41.5. The molecule has 3 aliphatic heterocycles. The third kappa shape index (κ3) is 8.45. The number of hydrogen-bond donors (Lipinski definition) is 3. The van der Waals surface area contributed by atoms with Crippen molar-refractivity contribution in [3.8, 4) is 17.4 Å². The van der Waals surface area contributed by atoms with Crippen LogP contribution in [-0.4, -0.2) is 122 Å². The minimum atomic E-state index is -3.91. The lowest BCUT2D eigenvalue weighted by Gasteiger charge is -2.35. The number of hydrogen-bond acceptors (Lipinski definition) is 11. The lowest BCUT2D eigenvalue weighted by atomic mass is 9.83. The third-order valence-corrected chi connectivity index (χ3v) is 14.4. The molecule has 1 aromatic heterocycles. The number of nitrogens with zero attached hydrogens (tertiary/aromatic N) is 3. The Bertz CT molecular complexity index is 2140. The highest BCUT2D eigenvalue weighted by molar-refractivity contribution is 7.91. The first kappa shape index (κ1) is 40.9. The molecule has 5 amide bonds. The number of carbonyl (C=O) groups is 4. The summed E-state index contributed by atoms with van der Waals surface area (Å²) in [7, 11) is -2.34. The first-order valence-corrected chi connectivity index (χ1v) is 22.4. The molecule has 1 aromatic carbocycles. The lowest BCUT2D eigenvalue weighted by molar-refractivity contribution is -0.142. The number of methoxy groups -OCH3 is 1. The van der Waals surface area contributed by atoms with E-state index < -0.39 is 62.6 Å². The van der Waals surface area contributed by atoms with Crippen molar-refractivity contribution in [2.24, 2.45) is 11.8 Å². The summed E-state index contributed by atoms with van der Waals surface area (Å²) < 4.78 is 52.4. The number of benzene rings is 1. The van der Waals surface area contributed by atoms with E-state index in [-0.39, 0.29) is 37.4 Å². The highest BCUT2D eigenvalue weighted by Crippen LogP contribution is 2.46. The Kier molecular flexibility index (Phi) is 11.5. The van der Waals surface area contributed by atoms with Crippen LogP contribution < -0.4 is 29.6 Å². The van der Waals surface area contributed by atoms with Gasteiger partial charge >= 0.3 is 6.03 Å².